The summed E-state index contributed by atoms with van der Waals surface area (Å²) >= 11 is 0. The molecule has 18 heavy (non-hydrogen) atoms. The first-order valence-electron chi connectivity index (χ1n) is 5.86. The van der Waals surface area contributed by atoms with Crippen LogP contribution in [0.3, 0.4) is 0 Å². The molecular formula is C14H12N2O2. The molecule has 0 aliphatic heterocycles. The molecule has 0 unspecified atom stereocenters. The highest BCUT2D eigenvalue weighted by atomic mass is 16.3. The van der Waals surface area contributed by atoms with Gasteiger partial charge in [0.05, 0.1) is 17.0 Å². The molecule has 0 spiro atoms. The van der Waals surface area contributed by atoms with E-state index >= 15 is 0 Å². The zero-order valence-electron chi connectivity index (χ0n) is 9.97. The average molecular weight is 240 g/mol. The maximum absolute atomic E-state index is 11.9. The fourth-order valence-electron chi connectivity index (χ4n) is 2.33. The van der Waals surface area contributed by atoms with E-state index in [9.17, 15) is 9.90 Å². The molecule has 0 amide bonds. The minimum absolute atomic E-state index is 0.0586. The number of hydrogen-bond donors (Lipinski definition) is 1. The van der Waals surface area contributed by atoms with E-state index in [2.05, 4.69) is 9.97 Å². The summed E-state index contributed by atoms with van der Waals surface area (Å²) in [6.45, 7) is 1.80. The first-order valence-corrected chi connectivity index (χ1v) is 5.86. The number of fused-ring (bicyclic) bond motifs is 1. The third kappa shape index (κ3) is 1.57. The third-order valence-corrected chi connectivity index (χ3v) is 3.12. The van der Waals surface area contributed by atoms with E-state index in [0.29, 0.717) is 35.5 Å². The first-order chi connectivity index (χ1) is 8.66. The van der Waals surface area contributed by atoms with Crippen molar-refractivity contribution in [3.8, 4) is 17.0 Å². The van der Waals surface area contributed by atoms with Gasteiger partial charge in [-0.15, -0.1) is 0 Å². The number of carbonyl (C=O) groups excluding carboxylic acids is 1. The molecule has 4 heteroatoms. The maximum Gasteiger partial charge on any atom is 0.167 e. The van der Waals surface area contributed by atoms with E-state index in [1.54, 1.807) is 25.1 Å². The number of nitrogens with zero attached hydrogens (tertiary/aromatic N) is 2. The SMILES string of the molecule is Cc1nc2c(c(-c3ccccc3O)n1)C(=O)CC2. The number of benzene rings is 1. The van der Waals surface area contributed by atoms with Crippen LogP contribution >= 0.6 is 0 Å². The summed E-state index contributed by atoms with van der Waals surface area (Å²) in [7, 11) is 0. The van der Waals surface area contributed by atoms with Gasteiger partial charge in [-0.1, -0.05) is 12.1 Å². The van der Waals surface area contributed by atoms with Gasteiger partial charge >= 0.3 is 0 Å². The van der Waals surface area contributed by atoms with E-state index in [-0.39, 0.29) is 11.5 Å². The molecule has 90 valence electrons. The Morgan fingerprint density at radius 3 is 2.72 bits per heavy atom. The Hall–Kier alpha value is -2.23. The number of Topliss-reactive ketones (excluding diaryl/α,β-unsaturated/α-hetero) is 1. The average Bonchev–Trinajstić information content (AvgIpc) is 2.71. The van der Waals surface area contributed by atoms with E-state index in [1.165, 1.54) is 0 Å². The standard InChI is InChI=1S/C14H12N2O2/c1-8-15-10-6-7-12(18)13(10)14(16-8)9-4-2-3-5-11(9)17/h2-5,17H,6-7H2,1H3. The van der Waals surface area contributed by atoms with Crippen molar-refractivity contribution in [2.24, 2.45) is 0 Å². The fourth-order valence-corrected chi connectivity index (χ4v) is 2.33. The summed E-state index contributed by atoms with van der Waals surface area (Å²) in [4.78, 5) is 20.6. The van der Waals surface area contributed by atoms with E-state index < -0.39 is 0 Å². The van der Waals surface area contributed by atoms with Crippen molar-refractivity contribution >= 4 is 5.78 Å². The van der Waals surface area contributed by atoms with Crippen LogP contribution in [0.4, 0.5) is 0 Å². The second-order valence-electron chi connectivity index (χ2n) is 4.38. The quantitative estimate of drug-likeness (QED) is 0.830. The second kappa shape index (κ2) is 3.91. The number of phenolic OH excluding ortho intramolecular Hbond substituents is 1. The lowest BCUT2D eigenvalue weighted by Gasteiger charge is -2.09. The number of phenols is 1. The number of aromatic nitrogens is 2. The second-order valence-corrected chi connectivity index (χ2v) is 4.38. The van der Waals surface area contributed by atoms with Crippen LogP contribution in [0.2, 0.25) is 0 Å². The number of aryl methyl sites for hydroxylation is 2. The van der Waals surface area contributed by atoms with Crippen LogP contribution in [-0.4, -0.2) is 20.9 Å². The summed E-state index contributed by atoms with van der Waals surface area (Å²) in [5.74, 6) is 0.822. The van der Waals surface area contributed by atoms with Crippen LogP contribution in [0.15, 0.2) is 24.3 Å². The summed E-state index contributed by atoms with van der Waals surface area (Å²) < 4.78 is 0. The molecule has 4 nitrogen and oxygen atoms in total. The van der Waals surface area contributed by atoms with Crippen molar-refractivity contribution in [2.75, 3.05) is 0 Å². The minimum atomic E-state index is 0.0586. The maximum atomic E-state index is 11.9. The van der Waals surface area contributed by atoms with Gasteiger partial charge in [0.25, 0.3) is 0 Å². The lowest BCUT2D eigenvalue weighted by Crippen LogP contribution is -2.03. The van der Waals surface area contributed by atoms with Crippen molar-refractivity contribution in [3.63, 3.8) is 0 Å². The van der Waals surface area contributed by atoms with Crippen molar-refractivity contribution in [1.82, 2.24) is 9.97 Å². The number of aromatic hydroxyl groups is 1. The molecule has 1 N–H and O–H groups in total. The molecule has 0 radical (unpaired) electrons. The molecular weight excluding hydrogens is 228 g/mol. The van der Waals surface area contributed by atoms with Gasteiger partial charge in [0.2, 0.25) is 0 Å². The Balaban J connectivity index is 2.31. The molecule has 1 heterocycles. The Labute approximate surface area is 104 Å². The van der Waals surface area contributed by atoms with Crippen molar-refractivity contribution < 1.29 is 9.90 Å². The van der Waals surface area contributed by atoms with Crippen molar-refractivity contribution in [2.45, 2.75) is 19.8 Å². The number of para-hydroxylation sites is 1. The fraction of sp³-hybridized carbons (Fsp3) is 0.214. The molecule has 3 rings (SSSR count). The van der Waals surface area contributed by atoms with Crippen LogP contribution in [-0.2, 0) is 6.42 Å². The van der Waals surface area contributed by atoms with Gasteiger partial charge in [0.1, 0.15) is 11.6 Å². The van der Waals surface area contributed by atoms with Gasteiger partial charge in [0, 0.05) is 12.0 Å². The zero-order valence-corrected chi connectivity index (χ0v) is 9.97. The molecule has 0 bridgehead atoms. The molecule has 0 saturated carbocycles. The molecule has 2 aromatic rings. The van der Waals surface area contributed by atoms with E-state index in [4.69, 9.17) is 0 Å². The van der Waals surface area contributed by atoms with Crippen molar-refractivity contribution in [1.29, 1.82) is 0 Å². The number of ketones is 1. The van der Waals surface area contributed by atoms with Gasteiger partial charge in [-0.25, -0.2) is 9.97 Å². The van der Waals surface area contributed by atoms with Crippen molar-refractivity contribution in [3.05, 3.63) is 41.3 Å². The predicted octanol–water partition coefficient (Wildman–Crippen LogP) is 2.29. The van der Waals surface area contributed by atoms with Crippen LogP contribution in [0.1, 0.15) is 28.3 Å². The Kier molecular flexibility index (Phi) is 2.37. The molecule has 0 atom stereocenters. The lowest BCUT2D eigenvalue weighted by atomic mass is 10.0. The first kappa shape index (κ1) is 10.9. The Morgan fingerprint density at radius 2 is 1.94 bits per heavy atom. The topological polar surface area (TPSA) is 63.1 Å². The van der Waals surface area contributed by atoms with Gasteiger partial charge < -0.3 is 5.11 Å². The van der Waals surface area contributed by atoms with Gasteiger partial charge in [-0.2, -0.15) is 0 Å². The Morgan fingerprint density at radius 1 is 1.17 bits per heavy atom. The molecule has 0 fully saturated rings. The molecule has 1 aliphatic carbocycles. The number of rotatable bonds is 1. The highest BCUT2D eigenvalue weighted by Crippen LogP contribution is 2.34. The lowest BCUT2D eigenvalue weighted by molar-refractivity contribution is 0.0995. The van der Waals surface area contributed by atoms with Crippen LogP contribution in [0.25, 0.3) is 11.3 Å². The summed E-state index contributed by atoms with van der Waals surface area (Å²) in [5, 5.41) is 9.90. The smallest absolute Gasteiger partial charge is 0.167 e. The van der Waals surface area contributed by atoms with Gasteiger partial charge in [0.15, 0.2) is 5.78 Å². The largest absolute Gasteiger partial charge is 0.507 e. The molecule has 1 aromatic heterocycles. The normalized spacial score (nSPS) is 13.7. The molecule has 1 aromatic carbocycles. The molecule has 0 saturated heterocycles. The van der Waals surface area contributed by atoms with E-state index in [0.717, 1.165) is 5.69 Å². The number of hydrogen-bond acceptors (Lipinski definition) is 4. The highest BCUT2D eigenvalue weighted by Gasteiger charge is 2.27. The van der Waals surface area contributed by atoms with Gasteiger partial charge in [-0.3, -0.25) is 4.79 Å². The van der Waals surface area contributed by atoms with Crippen LogP contribution in [0, 0.1) is 6.92 Å². The summed E-state index contributed by atoms with van der Waals surface area (Å²) in [6, 6.07) is 6.93. The summed E-state index contributed by atoms with van der Waals surface area (Å²) in [5.41, 5.74) is 2.51. The summed E-state index contributed by atoms with van der Waals surface area (Å²) in [6.07, 6.45) is 1.15. The third-order valence-electron chi connectivity index (χ3n) is 3.12. The monoisotopic (exact) mass is 240 g/mol. The minimum Gasteiger partial charge on any atom is -0.507 e. The van der Waals surface area contributed by atoms with E-state index in [1.807, 2.05) is 6.07 Å². The zero-order chi connectivity index (χ0) is 12.7. The van der Waals surface area contributed by atoms with Crippen LogP contribution in [0.5, 0.6) is 5.75 Å². The number of carbonyl (C=O) groups is 1. The highest BCUT2D eigenvalue weighted by molar-refractivity contribution is 6.05. The molecule has 1 aliphatic rings. The van der Waals surface area contributed by atoms with Gasteiger partial charge in [-0.05, 0) is 25.5 Å². The Bertz CT molecular complexity index is 650. The predicted molar refractivity (Wildman–Crippen MR) is 66.5 cm³/mol. The van der Waals surface area contributed by atoms with Crippen LogP contribution < -0.4 is 0 Å².